The highest BCUT2D eigenvalue weighted by Crippen LogP contribution is 2.38. The minimum Gasteiger partial charge on any atom is -0.251 e. The number of hydrogen-bond donors (Lipinski definition) is 1. The minimum absolute atomic E-state index is 0.250. The largest absolute Gasteiger partial charge is 0.251 e. The van der Waals surface area contributed by atoms with Crippen molar-refractivity contribution in [2.24, 2.45) is 5.92 Å². The summed E-state index contributed by atoms with van der Waals surface area (Å²) in [4.78, 5) is 4.78. The van der Waals surface area contributed by atoms with Gasteiger partial charge in [0.15, 0.2) is 0 Å². The van der Waals surface area contributed by atoms with Gasteiger partial charge in [-0.3, -0.25) is 5.26 Å². The Morgan fingerprint density at radius 1 is 1.15 bits per heavy atom. The van der Waals surface area contributed by atoms with Crippen molar-refractivity contribution in [2.45, 2.75) is 64.4 Å². The lowest BCUT2D eigenvalue weighted by molar-refractivity contribution is -0.342. The molecule has 0 spiro atoms. The molecule has 2 nitrogen and oxygen atoms in total. The molecule has 0 heterocycles. The number of hydrogen-bond acceptors (Lipinski definition) is 2. The molecule has 1 rings (SSSR count). The summed E-state index contributed by atoms with van der Waals surface area (Å²) in [6.45, 7) is 4.21. The lowest BCUT2D eigenvalue weighted by Gasteiger charge is -2.38. The van der Waals surface area contributed by atoms with Gasteiger partial charge in [-0.1, -0.05) is 33.1 Å². The molecule has 0 bridgehead atoms. The molecular formula is C11H22O2. The first kappa shape index (κ1) is 11.0. The van der Waals surface area contributed by atoms with Gasteiger partial charge in [0.2, 0.25) is 0 Å². The average Bonchev–Trinajstić information content (AvgIpc) is 2.23. The fraction of sp³-hybridized carbons (Fsp3) is 1.00. The van der Waals surface area contributed by atoms with Gasteiger partial charge in [0.1, 0.15) is 5.60 Å². The Morgan fingerprint density at radius 2 is 1.69 bits per heavy atom. The zero-order chi connectivity index (χ0) is 9.73. The second-order valence-electron chi connectivity index (χ2n) is 4.20. The van der Waals surface area contributed by atoms with Gasteiger partial charge in [-0.25, -0.2) is 4.89 Å². The molecule has 2 heteroatoms. The molecule has 1 fully saturated rings. The fourth-order valence-electron chi connectivity index (χ4n) is 2.66. The molecule has 13 heavy (non-hydrogen) atoms. The van der Waals surface area contributed by atoms with E-state index in [2.05, 4.69) is 13.8 Å². The molecule has 1 aliphatic rings. The van der Waals surface area contributed by atoms with E-state index in [1.165, 1.54) is 32.1 Å². The van der Waals surface area contributed by atoms with Gasteiger partial charge in [-0.15, -0.1) is 0 Å². The molecule has 1 aliphatic carbocycles. The van der Waals surface area contributed by atoms with Gasteiger partial charge < -0.3 is 0 Å². The van der Waals surface area contributed by atoms with Crippen LogP contribution in [0, 0.1) is 5.92 Å². The molecule has 78 valence electrons. The molecule has 0 saturated heterocycles. The van der Waals surface area contributed by atoms with E-state index in [9.17, 15) is 0 Å². The molecule has 1 N–H and O–H groups in total. The Morgan fingerprint density at radius 3 is 2.08 bits per heavy atom. The van der Waals surface area contributed by atoms with Gasteiger partial charge >= 0.3 is 0 Å². The summed E-state index contributed by atoms with van der Waals surface area (Å²) in [5.41, 5.74) is -0.250. The second-order valence-corrected chi connectivity index (χ2v) is 4.20. The van der Waals surface area contributed by atoms with Crippen molar-refractivity contribution in [3.63, 3.8) is 0 Å². The lowest BCUT2D eigenvalue weighted by Crippen LogP contribution is -2.40. The molecule has 0 radical (unpaired) electrons. The van der Waals surface area contributed by atoms with E-state index >= 15 is 0 Å². The standard InChI is InChI=1S/C11H22O2/c1-3-11(4-2,13-12)10-8-6-5-7-9-10/h10,12H,3-9H2,1-2H3. The molecule has 0 aliphatic heterocycles. The van der Waals surface area contributed by atoms with Crippen LogP contribution in [0.25, 0.3) is 0 Å². The summed E-state index contributed by atoms with van der Waals surface area (Å²) in [5, 5.41) is 9.03. The summed E-state index contributed by atoms with van der Waals surface area (Å²) in [7, 11) is 0. The van der Waals surface area contributed by atoms with Gasteiger partial charge in [-0.2, -0.15) is 0 Å². The fourth-order valence-corrected chi connectivity index (χ4v) is 2.66. The Balaban J connectivity index is 2.60. The molecule has 0 aromatic carbocycles. The van der Waals surface area contributed by atoms with Crippen LogP contribution in [0.3, 0.4) is 0 Å². The highest BCUT2D eigenvalue weighted by Gasteiger charge is 2.37. The molecule has 0 aromatic heterocycles. The van der Waals surface area contributed by atoms with Crippen LogP contribution < -0.4 is 0 Å². The molecule has 0 aromatic rings. The summed E-state index contributed by atoms with van der Waals surface area (Å²) < 4.78 is 0. The Bertz CT molecular complexity index is 127. The zero-order valence-electron chi connectivity index (χ0n) is 8.88. The van der Waals surface area contributed by atoms with Gasteiger partial charge in [0.25, 0.3) is 0 Å². The van der Waals surface area contributed by atoms with Crippen LogP contribution in [0.1, 0.15) is 58.8 Å². The minimum atomic E-state index is -0.250. The third kappa shape index (κ3) is 2.23. The highest BCUT2D eigenvalue weighted by molar-refractivity contribution is 4.86. The first-order valence-corrected chi connectivity index (χ1v) is 5.61. The van der Waals surface area contributed by atoms with Crippen molar-refractivity contribution in [3.05, 3.63) is 0 Å². The average molecular weight is 186 g/mol. The second kappa shape index (κ2) is 4.97. The predicted octanol–water partition coefficient (Wildman–Crippen LogP) is 3.62. The van der Waals surface area contributed by atoms with Crippen LogP contribution in [0.2, 0.25) is 0 Å². The summed E-state index contributed by atoms with van der Waals surface area (Å²) in [5.74, 6) is 0.571. The van der Waals surface area contributed by atoms with E-state index in [1.807, 2.05) is 0 Å². The smallest absolute Gasteiger partial charge is 0.106 e. The molecule has 0 amide bonds. The van der Waals surface area contributed by atoms with Crippen molar-refractivity contribution in [1.29, 1.82) is 0 Å². The van der Waals surface area contributed by atoms with Crippen LogP contribution in [-0.4, -0.2) is 10.9 Å². The first-order valence-electron chi connectivity index (χ1n) is 5.61. The van der Waals surface area contributed by atoms with E-state index in [0.29, 0.717) is 5.92 Å². The summed E-state index contributed by atoms with van der Waals surface area (Å²) >= 11 is 0. The van der Waals surface area contributed by atoms with Crippen LogP contribution in [0.4, 0.5) is 0 Å². The maximum absolute atomic E-state index is 9.03. The first-order chi connectivity index (χ1) is 6.29. The monoisotopic (exact) mass is 186 g/mol. The van der Waals surface area contributed by atoms with Crippen molar-refractivity contribution < 1.29 is 10.1 Å². The van der Waals surface area contributed by atoms with Crippen molar-refractivity contribution in [2.75, 3.05) is 0 Å². The van der Waals surface area contributed by atoms with Crippen LogP contribution >= 0.6 is 0 Å². The maximum atomic E-state index is 9.03. The molecule has 0 unspecified atom stereocenters. The highest BCUT2D eigenvalue weighted by atomic mass is 17.1. The predicted molar refractivity (Wildman–Crippen MR) is 53.6 cm³/mol. The zero-order valence-corrected chi connectivity index (χ0v) is 8.88. The van der Waals surface area contributed by atoms with E-state index in [0.717, 1.165) is 12.8 Å². The van der Waals surface area contributed by atoms with Crippen molar-refractivity contribution >= 4 is 0 Å². The topological polar surface area (TPSA) is 29.5 Å². The lowest BCUT2D eigenvalue weighted by atomic mass is 9.74. The normalized spacial score (nSPS) is 20.5. The Kier molecular flexibility index (Phi) is 4.20. The Labute approximate surface area is 81.2 Å². The molecular weight excluding hydrogens is 164 g/mol. The van der Waals surface area contributed by atoms with Crippen LogP contribution in [0.15, 0.2) is 0 Å². The third-order valence-corrected chi connectivity index (χ3v) is 3.73. The van der Waals surface area contributed by atoms with E-state index in [1.54, 1.807) is 0 Å². The quantitative estimate of drug-likeness (QED) is 0.537. The molecule has 0 atom stereocenters. The van der Waals surface area contributed by atoms with Crippen LogP contribution in [-0.2, 0) is 4.89 Å². The number of rotatable bonds is 4. The SMILES string of the molecule is CCC(CC)(OO)C1CCCCC1. The Hall–Kier alpha value is -0.0800. The third-order valence-electron chi connectivity index (χ3n) is 3.73. The summed E-state index contributed by atoms with van der Waals surface area (Å²) in [6.07, 6.45) is 8.25. The van der Waals surface area contributed by atoms with E-state index < -0.39 is 0 Å². The van der Waals surface area contributed by atoms with Gasteiger partial charge in [0.05, 0.1) is 0 Å². The van der Waals surface area contributed by atoms with E-state index in [-0.39, 0.29) is 5.60 Å². The maximum Gasteiger partial charge on any atom is 0.106 e. The van der Waals surface area contributed by atoms with Gasteiger partial charge in [0, 0.05) is 0 Å². The van der Waals surface area contributed by atoms with E-state index in [4.69, 9.17) is 10.1 Å². The summed E-state index contributed by atoms with van der Waals surface area (Å²) in [6, 6.07) is 0. The molecule has 1 saturated carbocycles. The van der Waals surface area contributed by atoms with Crippen molar-refractivity contribution in [1.82, 2.24) is 0 Å². The van der Waals surface area contributed by atoms with Crippen LogP contribution in [0.5, 0.6) is 0 Å². The van der Waals surface area contributed by atoms with Crippen molar-refractivity contribution in [3.8, 4) is 0 Å². The van der Waals surface area contributed by atoms with Gasteiger partial charge in [-0.05, 0) is 31.6 Å².